The predicted molar refractivity (Wildman–Crippen MR) is 260 cm³/mol. The van der Waals surface area contributed by atoms with Gasteiger partial charge in [0, 0.05) is 31.6 Å². The van der Waals surface area contributed by atoms with Crippen molar-refractivity contribution >= 4 is 41.3 Å². The van der Waals surface area contributed by atoms with Gasteiger partial charge in [-0.3, -0.25) is 19.2 Å². The van der Waals surface area contributed by atoms with Gasteiger partial charge >= 0.3 is 12.2 Å². The topological polar surface area (TPSA) is 155 Å². The molecule has 3 heterocycles. The molecule has 362 valence electrons. The van der Waals surface area contributed by atoms with E-state index in [0.717, 1.165) is 40.8 Å². The van der Waals surface area contributed by atoms with Gasteiger partial charge in [0.15, 0.2) is 11.6 Å². The molecular weight excluding hydrogens is 847 g/mol. The number of hydrogen-bond donors (Lipinski definition) is 2. The highest BCUT2D eigenvalue weighted by molar-refractivity contribution is 5.95. The molecule has 0 saturated carbocycles. The largest absolute Gasteiger partial charge is 0.453 e. The summed E-state index contributed by atoms with van der Waals surface area (Å²) in [7, 11) is 2.53. The Labute approximate surface area is 397 Å². The molecule has 3 aromatic rings. The van der Waals surface area contributed by atoms with Crippen molar-refractivity contribution in [3.05, 3.63) is 101 Å². The Morgan fingerprint density at radius 1 is 0.552 bits per heavy atom. The summed E-state index contributed by atoms with van der Waals surface area (Å²) in [5.74, 6) is -0.589. The normalized spacial score (nSPS) is 20.9. The number of anilines is 1. The number of nitrogens with zero attached hydrogens (tertiary/aromatic N) is 3. The molecule has 13 heteroatoms. The molecule has 3 aliphatic rings. The van der Waals surface area contributed by atoms with Crippen molar-refractivity contribution < 1.29 is 38.2 Å². The number of benzene rings is 3. The lowest BCUT2D eigenvalue weighted by Gasteiger charge is -2.35. The molecule has 67 heavy (non-hydrogen) atoms. The van der Waals surface area contributed by atoms with Crippen LogP contribution in [0.1, 0.15) is 141 Å². The third-order valence-corrected chi connectivity index (χ3v) is 13.8. The van der Waals surface area contributed by atoms with Crippen molar-refractivity contribution in [2.24, 2.45) is 10.8 Å². The molecule has 3 aromatic carbocycles. The molecule has 6 atom stereocenters. The van der Waals surface area contributed by atoms with Gasteiger partial charge in [-0.15, -0.1) is 0 Å². The molecular formula is C54H73N5O8. The van der Waals surface area contributed by atoms with E-state index >= 15 is 0 Å². The number of Topliss-reactive ketones (excluding diaryl/α,β-unsaturated/α-hetero) is 2. The van der Waals surface area contributed by atoms with E-state index < -0.39 is 47.2 Å². The van der Waals surface area contributed by atoms with Gasteiger partial charge in [0.1, 0.15) is 12.1 Å². The van der Waals surface area contributed by atoms with E-state index in [-0.39, 0.29) is 53.7 Å². The summed E-state index contributed by atoms with van der Waals surface area (Å²) in [4.78, 5) is 85.5. The minimum Gasteiger partial charge on any atom is -0.453 e. The Hall–Kier alpha value is -5.72. The maximum Gasteiger partial charge on any atom is 0.407 e. The molecule has 0 spiro atoms. The van der Waals surface area contributed by atoms with Crippen LogP contribution in [-0.4, -0.2) is 96.8 Å². The van der Waals surface area contributed by atoms with E-state index in [1.54, 1.807) is 9.80 Å². The number of carbonyl (C=O) groups excluding carboxylic acids is 6. The Morgan fingerprint density at radius 2 is 0.925 bits per heavy atom. The summed E-state index contributed by atoms with van der Waals surface area (Å²) in [5, 5.41) is 5.39. The van der Waals surface area contributed by atoms with Gasteiger partial charge in [-0.1, -0.05) is 123 Å². The number of ketones is 2. The van der Waals surface area contributed by atoms with E-state index in [1.807, 2.05) is 65.8 Å². The predicted octanol–water partition coefficient (Wildman–Crippen LogP) is 8.81. The molecule has 3 aliphatic heterocycles. The van der Waals surface area contributed by atoms with Gasteiger partial charge in [-0.2, -0.15) is 0 Å². The van der Waals surface area contributed by atoms with Crippen LogP contribution in [-0.2, 0) is 46.9 Å². The van der Waals surface area contributed by atoms with Crippen LogP contribution in [0.25, 0.3) is 0 Å². The third-order valence-electron chi connectivity index (χ3n) is 13.8. The van der Waals surface area contributed by atoms with Crippen LogP contribution >= 0.6 is 0 Å². The van der Waals surface area contributed by atoms with Crippen molar-refractivity contribution in [1.29, 1.82) is 0 Å². The van der Waals surface area contributed by atoms with Crippen LogP contribution < -0.4 is 15.5 Å². The lowest BCUT2D eigenvalue weighted by molar-refractivity contribution is -0.141. The fourth-order valence-corrected chi connectivity index (χ4v) is 10.0. The maximum absolute atomic E-state index is 13.9. The zero-order valence-electron chi connectivity index (χ0n) is 41.6. The van der Waals surface area contributed by atoms with Crippen LogP contribution in [0.2, 0.25) is 0 Å². The van der Waals surface area contributed by atoms with E-state index in [4.69, 9.17) is 9.47 Å². The summed E-state index contributed by atoms with van der Waals surface area (Å²) in [6.45, 7) is 18.8. The average Bonchev–Trinajstić information content (AvgIpc) is 4.07. The number of rotatable bonds is 13. The smallest absolute Gasteiger partial charge is 0.407 e. The maximum atomic E-state index is 13.9. The quantitative estimate of drug-likeness (QED) is 0.171. The lowest BCUT2D eigenvalue weighted by atomic mass is 9.85. The Kier molecular flexibility index (Phi) is 15.6. The van der Waals surface area contributed by atoms with Crippen LogP contribution in [0, 0.1) is 10.8 Å². The minimum atomic E-state index is -0.837. The van der Waals surface area contributed by atoms with Crippen molar-refractivity contribution in [1.82, 2.24) is 20.4 Å². The van der Waals surface area contributed by atoms with Gasteiger partial charge < -0.3 is 34.8 Å². The summed E-state index contributed by atoms with van der Waals surface area (Å²) in [6, 6.07) is 22.8. The molecule has 3 saturated heterocycles. The summed E-state index contributed by atoms with van der Waals surface area (Å²) in [6.07, 6.45) is 3.42. The Balaban J connectivity index is 1.18. The van der Waals surface area contributed by atoms with Gasteiger partial charge in [0.25, 0.3) is 0 Å². The number of alkyl carbamates (subject to hydrolysis) is 2. The van der Waals surface area contributed by atoms with E-state index in [0.29, 0.717) is 38.8 Å². The molecule has 0 radical (unpaired) electrons. The number of hydrogen-bond acceptors (Lipinski definition) is 9. The monoisotopic (exact) mass is 920 g/mol. The summed E-state index contributed by atoms with van der Waals surface area (Å²) < 4.78 is 9.61. The number of carbonyl (C=O) groups is 6. The van der Waals surface area contributed by atoms with Crippen LogP contribution in [0.4, 0.5) is 15.3 Å². The van der Waals surface area contributed by atoms with Crippen molar-refractivity contribution in [2.45, 2.75) is 155 Å². The molecule has 13 nitrogen and oxygen atoms in total. The molecule has 6 rings (SSSR count). The standard InChI is InChI=1S/C54H73N5O8/c1-52(2,3)38-24-26-39(27-25-38)59-40(36-20-16-34(17-21-36)32-44(60)42-14-12-30-57(42)48(62)46(53(4,5)6)55-50(64)66-10)28-29-41(59)37-22-18-35(19-23-37)33-45(61)43-15-13-31-58(43)49(63)47(54(7,8)9)56-51(65)67-11/h16-27,40-43,46-47H,12-15,28-33H2,1-11H3,(H,55,64)(H,56,65)/t40-,41-,42+,43+,46-,47-/m1/s1. The second-order valence-corrected chi connectivity index (χ2v) is 21.8. The van der Waals surface area contributed by atoms with Crippen molar-refractivity contribution in [3.63, 3.8) is 0 Å². The van der Waals surface area contributed by atoms with Gasteiger partial charge in [-0.05, 0) is 94.7 Å². The van der Waals surface area contributed by atoms with Gasteiger partial charge in [0.05, 0.1) is 38.4 Å². The fraction of sp³-hybridized carbons (Fsp3) is 0.556. The fourth-order valence-electron chi connectivity index (χ4n) is 10.0. The first-order chi connectivity index (χ1) is 31.5. The number of methoxy groups -OCH3 is 2. The number of likely N-dealkylation sites (tertiary alicyclic amines) is 2. The Morgan fingerprint density at radius 3 is 1.25 bits per heavy atom. The highest BCUT2D eigenvalue weighted by atomic mass is 16.5. The van der Waals surface area contributed by atoms with E-state index in [2.05, 4.69) is 84.8 Å². The van der Waals surface area contributed by atoms with Gasteiger partial charge in [0.2, 0.25) is 11.8 Å². The first-order valence-electron chi connectivity index (χ1n) is 23.9. The zero-order valence-corrected chi connectivity index (χ0v) is 41.6. The second-order valence-electron chi connectivity index (χ2n) is 21.8. The van der Waals surface area contributed by atoms with Crippen LogP contribution in [0.15, 0.2) is 72.8 Å². The second kappa shape index (κ2) is 20.7. The van der Waals surface area contributed by atoms with Crippen LogP contribution in [0.5, 0.6) is 0 Å². The van der Waals surface area contributed by atoms with Crippen molar-refractivity contribution in [2.75, 3.05) is 32.2 Å². The van der Waals surface area contributed by atoms with E-state index in [1.165, 1.54) is 19.8 Å². The number of ether oxygens (including phenoxy) is 2. The molecule has 0 bridgehead atoms. The SMILES string of the molecule is COC(=O)N[C@H](C(=O)N1CCC[C@H]1C(=O)Cc1ccc([C@H]2CC[C@H](c3ccc(CC(=O)[C@@H]4CCCN4C(=O)[C@@H](NC(=O)OC)C(C)(C)C)cc3)N2c2ccc(C(C)(C)C)cc2)cc1)C(C)(C)C. The lowest BCUT2D eigenvalue weighted by Crippen LogP contribution is -2.56. The number of nitrogens with one attached hydrogen (secondary N) is 2. The number of amides is 4. The van der Waals surface area contributed by atoms with Crippen LogP contribution in [0.3, 0.4) is 0 Å². The molecule has 0 aliphatic carbocycles. The summed E-state index contributed by atoms with van der Waals surface area (Å²) >= 11 is 0. The van der Waals surface area contributed by atoms with Crippen molar-refractivity contribution in [3.8, 4) is 0 Å². The average molecular weight is 920 g/mol. The minimum absolute atomic E-state index is 0.00298. The Bertz CT molecular complexity index is 2120. The molecule has 0 unspecified atom stereocenters. The molecule has 0 aromatic heterocycles. The third kappa shape index (κ3) is 11.9. The van der Waals surface area contributed by atoms with E-state index in [9.17, 15) is 28.8 Å². The highest BCUT2D eigenvalue weighted by Gasteiger charge is 2.44. The molecule has 4 amide bonds. The first kappa shape index (κ1) is 50.7. The molecule has 2 N–H and O–H groups in total. The summed E-state index contributed by atoms with van der Waals surface area (Å²) in [5.41, 5.74) is 5.23. The first-order valence-corrected chi connectivity index (χ1v) is 23.9. The zero-order chi connectivity index (χ0) is 49.0. The highest BCUT2D eigenvalue weighted by Crippen LogP contribution is 2.47. The molecule has 3 fully saturated rings. The van der Waals surface area contributed by atoms with Gasteiger partial charge in [-0.25, -0.2) is 9.59 Å².